The molecule has 2 heterocycles. The van der Waals surface area contributed by atoms with E-state index < -0.39 is 0 Å². The van der Waals surface area contributed by atoms with Crippen LogP contribution < -0.4 is 10.9 Å². The Hall–Kier alpha value is -3.66. The number of carbonyl (C=O) groups is 1. The number of H-pyrrole nitrogens is 1. The second kappa shape index (κ2) is 6.22. The van der Waals surface area contributed by atoms with Crippen LogP contribution >= 0.6 is 0 Å². The van der Waals surface area contributed by atoms with Gasteiger partial charge < -0.3 is 5.32 Å². The maximum Gasteiger partial charge on any atom is 0.280 e. The molecule has 3 aromatic rings. The molecule has 1 aromatic carbocycles. The Balaban J connectivity index is 1.96. The van der Waals surface area contributed by atoms with E-state index in [0.717, 1.165) is 0 Å². The van der Waals surface area contributed by atoms with E-state index in [-0.39, 0.29) is 11.5 Å². The highest BCUT2D eigenvalue weighted by atomic mass is 16.1. The molecule has 0 unspecified atom stereocenters. The zero-order valence-electron chi connectivity index (χ0n) is 12.8. The van der Waals surface area contributed by atoms with E-state index in [1.807, 2.05) is 6.07 Å². The van der Waals surface area contributed by atoms with Crippen LogP contribution in [0.2, 0.25) is 0 Å². The van der Waals surface area contributed by atoms with Gasteiger partial charge in [0.15, 0.2) is 5.82 Å². The normalized spacial score (nSPS) is 10.2. The molecule has 7 heteroatoms. The third-order valence-electron chi connectivity index (χ3n) is 3.56. The van der Waals surface area contributed by atoms with E-state index in [2.05, 4.69) is 15.4 Å². The Morgan fingerprint density at radius 2 is 2.00 bits per heavy atom. The van der Waals surface area contributed by atoms with E-state index in [0.29, 0.717) is 28.1 Å². The number of hydrogen-bond donors (Lipinski definition) is 2. The van der Waals surface area contributed by atoms with Crippen LogP contribution in [0.5, 0.6) is 0 Å². The Kier molecular flexibility index (Phi) is 3.95. The van der Waals surface area contributed by atoms with Gasteiger partial charge in [0, 0.05) is 19.4 Å². The minimum atomic E-state index is -0.264. The number of hydrogen-bond acceptors (Lipinski definition) is 4. The molecule has 0 spiro atoms. The predicted octanol–water partition coefficient (Wildman–Crippen LogP) is 1.46. The van der Waals surface area contributed by atoms with Gasteiger partial charge >= 0.3 is 0 Å². The van der Waals surface area contributed by atoms with Gasteiger partial charge in [-0.3, -0.25) is 14.7 Å². The average Bonchev–Trinajstić information content (AvgIpc) is 3.02. The summed E-state index contributed by atoms with van der Waals surface area (Å²) >= 11 is 0. The minimum absolute atomic E-state index is 0.244. The van der Waals surface area contributed by atoms with Crippen molar-refractivity contribution in [2.45, 2.75) is 0 Å². The zero-order valence-corrected chi connectivity index (χ0v) is 12.8. The maximum atomic E-state index is 12.5. The second-order valence-corrected chi connectivity index (χ2v) is 5.00. The number of pyridine rings is 1. The Bertz CT molecular complexity index is 976. The summed E-state index contributed by atoms with van der Waals surface area (Å²) in [5.74, 6) is 0.138. The van der Waals surface area contributed by atoms with Crippen molar-refractivity contribution in [1.82, 2.24) is 20.1 Å². The average molecular weight is 319 g/mol. The lowest BCUT2D eigenvalue weighted by Crippen LogP contribution is -2.20. The van der Waals surface area contributed by atoms with Gasteiger partial charge in [0.25, 0.3) is 11.5 Å². The number of aromatic nitrogens is 3. The summed E-state index contributed by atoms with van der Waals surface area (Å²) < 4.78 is 1.29. The molecule has 0 atom stereocenters. The third-order valence-corrected chi connectivity index (χ3v) is 3.56. The molecule has 0 radical (unpaired) electrons. The quantitative estimate of drug-likeness (QED) is 0.762. The molecule has 0 aliphatic rings. The van der Waals surface area contributed by atoms with Gasteiger partial charge in [-0.15, -0.1) is 0 Å². The van der Waals surface area contributed by atoms with Gasteiger partial charge in [-0.05, 0) is 29.8 Å². The first kappa shape index (κ1) is 15.2. The highest BCUT2D eigenvalue weighted by Crippen LogP contribution is 2.16. The van der Waals surface area contributed by atoms with Crippen molar-refractivity contribution in [3.05, 3.63) is 70.3 Å². The fraction of sp³-hybridized carbons (Fsp3) is 0.0588. The topological polar surface area (TPSA) is 104 Å². The molecule has 118 valence electrons. The van der Waals surface area contributed by atoms with E-state index in [1.165, 1.54) is 17.9 Å². The largest absolute Gasteiger partial charge is 0.355 e. The molecular formula is C17H13N5O2. The van der Waals surface area contributed by atoms with Crippen LogP contribution in [-0.2, 0) is 0 Å². The van der Waals surface area contributed by atoms with Crippen molar-refractivity contribution in [2.75, 3.05) is 7.05 Å². The SMILES string of the molecule is CNC(=O)c1ccc(-n2[nH]cc(-c3ccc(C#N)cc3)c2=O)nc1. The van der Waals surface area contributed by atoms with Crippen LogP contribution in [0.4, 0.5) is 0 Å². The van der Waals surface area contributed by atoms with E-state index >= 15 is 0 Å². The van der Waals surface area contributed by atoms with E-state index in [4.69, 9.17) is 5.26 Å². The summed E-state index contributed by atoms with van der Waals surface area (Å²) in [4.78, 5) is 28.2. The fourth-order valence-corrected chi connectivity index (χ4v) is 2.27. The first-order valence-corrected chi connectivity index (χ1v) is 7.13. The van der Waals surface area contributed by atoms with Crippen LogP contribution in [-0.4, -0.2) is 27.7 Å². The number of nitriles is 1. The lowest BCUT2D eigenvalue weighted by molar-refractivity contribution is 0.0962. The Labute approximate surface area is 137 Å². The van der Waals surface area contributed by atoms with E-state index in [9.17, 15) is 9.59 Å². The molecule has 0 bridgehead atoms. The van der Waals surface area contributed by atoms with Crippen molar-refractivity contribution in [3.8, 4) is 23.0 Å². The molecule has 7 nitrogen and oxygen atoms in total. The van der Waals surface area contributed by atoms with Gasteiger partial charge in [-0.25, -0.2) is 9.67 Å². The van der Waals surface area contributed by atoms with Gasteiger partial charge in [0.2, 0.25) is 0 Å². The second-order valence-electron chi connectivity index (χ2n) is 5.00. The number of nitrogens with one attached hydrogen (secondary N) is 2. The standard InChI is InChI=1S/C17H13N5O2/c1-19-16(23)13-6-7-15(20-9-13)22-17(24)14(10-21-22)12-4-2-11(8-18)3-5-12/h2-7,9-10,21H,1H3,(H,19,23). The lowest BCUT2D eigenvalue weighted by atomic mass is 10.1. The number of rotatable bonds is 3. The monoisotopic (exact) mass is 319 g/mol. The number of benzene rings is 1. The van der Waals surface area contributed by atoms with Crippen LogP contribution in [0.1, 0.15) is 15.9 Å². The molecule has 2 N–H and O–H groups in total. The molecule has 1 amide bonds. The van der Waals surface area contributed by atoms with Crippen LogP contribution in [0.3, 0.4) is 0 Å². The molecule has 0 aliphatic heterocycles. The fourth-order valence-electron chi connectivity index (χ4n) is 2.27. The molecule has 2 aromatic heterocycles. The molecule has 0 saturated heterocycles. The van der Waals surface area contributed by atoms with Gasteiger partial charge in [-0.1, -0.05) is 12.1 Å². The van der Waals surface area contributed by atoms with Crippen molar-refractivity contribution in [1.29, 1.82) is 5.26 Å². The molecule has 0 fully saturated rings. The molecule has 3 rings (SSSR count). The number of carbonyl (C=O) groups excluding carboxylic acids is 1. The van der Waals surface area contributed by atoms with Crippen molar-refractivity contribution in [3.63, 3.8) is 0 Å². The highest BCUT2D eigenvalue weighted by molar-refractivity contribution is 5.93. The third kappa shape index (κ3) is 2.68. The van der Waals surface area contributed by atoms with Crippen LogP contribution in [0.25, 0.3) is 16.9 Å². The Morgan fingerprint density at radius 1 is 1.25 bits per heavy atom. The first-order valence-electron chi connectivity index (χ1n) is 7.13. The summed E-state index contributed by atoms with van der Waals surface area (Å²) in [6, 6.07) is 12.0. The number of nitrogens with zero attached hydrogens (tertiary/aromatic N) is 3. The molecular weight excluding hydrogens is 306 g/mol. The summed E-state index contributed by atoms with van der Waals surface area (Å²) in [5.41, 5.74) is 1.85. The highest BCUT2D eigenvalue weighted by Gasteiger charge is 2.11. The lowest BCUT2D eigenvalue weighted by Gasteiger charge is -2.02. The van der Waals surface area contributed by atoms with E-state index in [1.54, 1.807) is 42.6 Å². The number of amides is 1. The molecule has 0 aliphatic carbocycles. The van der Waals surface area contributed by atoms with Gasteiger partial charge in [0.05, 0.1) is 22.8 Å². The van der Waals surface area contributed by atoms with Crippen LogP contribution in [0, 0.1) is 11.3 Å². The van der Waals surface area contributed by atoms with Gasteiger partial charge in [-0.2, -0.15) is 5.26 Å². The minimum Gasteiger partial charge on any atom is -0.355 e. The van der Waals surface area contributed by atoms with Crippen molar-refractivity contribution < 1.29 is 4.79 Å². The zero-order chi connectivity index (χ0) is 17.1. The summed E-state index contributed by atoms with van der Waals surface area (Å²) in [6.07, 6.45) is 2.99. The first-order chi connectivity index (χ1) is 11.6. The molecule has 0 saturated carbocycles. The smallest absolute Gasteiger partial charge is 0.280 e. The summed E-state index contributed by atoms with van der Waals surface area (Å²) in [6.45, 7) is 0. The van der Waals surface area contributed by atoms with Gasteiger partial charge in [0.1, 0.15) is 0 Å². The van der Waals surface area contributed by atoms with Crippen molar-refractivity contribution in [2.24, 2.45) is 0 Å². The maximum absolute atomic E-state index is 12.5. The summed E-state index contributed by atoms with van der Waals surface area (Å²) in [5, 5.41) is 14.2. The summed E-state index contributed by atoms with van der Waals surface area (Å²) in [7, 11) is 1.54. The van der Waals surface area contributed by atoms with Crippen molar-refractivity contribution >= 4 is 5.91 Å². The predicted molar refractivity (Wildman–Crippen MR) is 87.7 cm³/mol. The molecule has 24 heavy (non-hydrogen) atoms. The number of aromatic amines is 1. The van der Waals surface area contributed by atoms with Crippen LogP contribution in [0.15, 0.2) is 53.6 Å². The Morgan fingerprint density at radius 3 is 2.58 bits per heavy atom.